The van der Waals surface area contributed by atoms with Crippen molar-refractivity contribution in [3.63, 3.8) is 0 Å². The standard InChI is InChI=1S/C16H14BrClN2O3/c1-10-5-12(17)6-11(16(10)22)8-19-20-15(21)9-23-14-4-2-3-13(18)7-14/h2-8,22H,9H2,1H3,(H,20,21)/b19-8-. The van der Waals surface area contributed by atoms with Crippen molar-refractivity contribution in [1.82, 2.24) is 5.43 Å². The third kappa shape index (κ3) is 5.26. The molecule has 1 amide bonds. The highest BCUT2D eigenvalue weighted by atomic mass is 79.9. The lowest BCUT2D eigenvalue weighted by Gasteiger charge is -2.06. The minimum Gasteiger partial charge on any atom is -0.507 e. The number of carbonyl (C=O) groups is 1. The monoisotopic (exact) mass is 396 g/mol. The Morgan fingerprint density at radius 1 is 1.43 bits per heavy atom. The second-order valence-electron chi connectivity index (χ2n) is 4.70. The first kappa shape index (κ1) is 17.3. The van der Waals surface area contributed by atoms with E-state index in [4.69, 9.17) is 16.3 Å². The summed E-state index contributed by atoms with van der Waals surface area (Å²) in [5, 5.41) is 14.2. The molecule has 5 nitrogen and oxygen atoms in total. The number of hydrogen-bond donors (Lipinski definition) is 2. The van der Waals surface area contributed by atoms with E-state index in [0.29, 0.717) is 21.9 Å². The topological polar surface area (TPSA) is 70.9 Å². The maximum absolute atomic E-state index is 11.7. The molecule has 0 saturated heterocycles. The Hall–Kier alpha value is -2.05. The number of benzene rings is 2. The number of phenolic OH excluding ortho intramolecular Hbond substituents is 1. The molecule has 0 fully saturated rings. The third-order valence-corrected chi connectivity index (χ3v) is 3.55. The van der Waals surface area contributed by atoms with Gasteiger partial charge in [-0.05, 0) is 42.8 Å². The molecule has 0 spiro atoms. The Kier molecular flexibility index (Phi) is 6.01. The lowest BCUT2D eigenvalue weighted by atomic mass is 10.1. The van der Waals surface area contributed by atoms with Crippen LogP contribution < -0.4 is 10.2 Å². The molecule has 2 N–H and O–H groups in total. The minimum absolute atomic E-state index is 0.112. The second-order valence-corrected chi connectivity index (χ2v) is 6.05. The lowest BCUT2D eigenvalue weighted by molar-refractivity contribution is -0.123. The first-order valence-electron chi connectivity index (χ1n) is 6.65. The zero-order valence-electron chi connectivity index (χ0n) is 12.2. The fraction of sp³-hybridized carbons (Fsp3) is 0.125. The van der Waals surface area contributed by atoms with E-state index in [1.54, 1.807) is 43.3 Å². The second kappa shape index (κ2) is 7.99. The van der Waals surface area contributed by atoms with E-state index in [2.05, 4.69) is 26.5 Å². The van der Waals surface area contributed by atoms with Crippen LogP contribution >= 0.6 is 27.5 Å². The maximum Gasteiger partial charge on any atom is 0.277 e. The molecule has 23 heavy (non-hydrogen) atoms. The summed E-state index contributed by atoms with van der Waals surface area (Å²) < 4.78 is 6.10. The van der Waals surface area contributed by atoms with Crippen molar-refractivity contribution < 1.29 is 14.6 Å². The molecule has 0 bridgehead atoms. The lowest BCUT2D eigenvalue weighted by Crippen LogP contribution is -2.24. The van der Waals surface area contributed by atoms with Crippen LogP contribution in [0.2, 0.25) is 5.02 Å². The number of rotatable bonds is 5. The number of aryl methyl sites for hydroxylation is 1. The summed E-state index contributed by atoms with van der Waals surface area (Å²) in [4.78, 5) is 11.7. The first-order valence-corrected chi connectivity index (χ1v) is 7.82. The molecule has 7 heteroatoms. The normalized spacial score (nSPS) is 10.7. The number of amides is 1. The van der Waals surface area contributed by atoms with Gasteiger partial charge in [0.15, 0.2) is 6.61 Å². The molecular formula is C16H14BrClN2O3. The van der Waals surface area contributed by atoms with Gasteiger partial charge in [-0.25, -0.2) is 5.43 Å². The molecular weight excluding hydrogens is 384 g/mol. The van der Waals surface area contributed by atoms with Gasteiger partial charge in [0.2, 0.25) is 0 Å². The van der Waals surface area contributed by atoms with Crippen LogP contribution in [0.5, 0.6) is 11.5 Å². The van der Waals surface area contributed by atoms with E-state index in [9.17, 15) is 9.90 Å². The van der Waals surface area contributed by atoms with Crippen LogP contribution in [0, 0.1) is 6.92 Å². The number of nitrogens with zero attached hydrogens (tertiary/aromatic N) is 1. The van der Waals surface area contributed by atoms with Crippen molar-refractivity contribution >= 4 is 39.7 Å². The van der Waals surface area contributed by atoms with E-state index in [0.717, 1.165) is 4.47 Å². The number of aromatic hydroxyl groups is 1. The summed E-state index contributed by atoms with van der Waals surface area (Å²) in [6.07, 6.45) is 1.37. The van der Waals surface area contributed by atoms with E-state index >= 15 is 0 Å². The van der Waals surface area contributed by atoms with Crippen LogP contribution in [0.3, 0.4) is 0 Å². The maximum atomic E-state index is 11.7. The SMILES string of the molecule is Cc1cc(Br)cc(/C=N\NC(=O)COc2cccc(Cl)c2)c1O. The van der Waals surface area contributed by atoms with Crippen molar-refractivity contribution in [3.8, 4) is 11.5 Å². The molecule has 0 atom stereocenters. The highest BCUT2D eigenvalue weighted by Gasteiger charge is 2.05. The number of nitrogens with one attached hydrogen (secondary N) is 1. The molecule has 0 aromatic heterocycles. The number of hydrazone groups is 1. The molecule has 120 valence electrons. The Bertz CT molecular complexity index is 750. The predicted octanol–water partition coefficient (Wildman–Crippen LogP) is 3.65. The number of halogens is 2. The number of phenols is 1. The summed E-state index contributed by atoms with van der Waals surface area (Å²) in [5.41, 5.74) is 3.53. The van der Waals surface area contributed by atoms with Gasteiger partial charge in [0.1, 0.15) is 11.5 Å². The highest BCUT2D eigenvalue weighted by molar-refractivity contribution is 9.10. The molecule has 2 aromatic carbocycles. The van der Waals surface area contributed by atoms with Gasteiger partial charge in [0.25, 0.3) is 5.91 Å². The zero-order chi connectivity index (χ0) is 16.8. The Morgan fingerprint density at radius 3 is 2.96 bits per heavy atom. The predicted molar refractivity (Wildman–Crippen MR) is 93.2 cm³/mol. The Morgan fingerprint density at radius 2 is 2.22 bits per heavy atom. The molecule has 2 aromatic rings. The van der Waals surface area contributed by atoms with E-state index in [1.165, 1.54) is 6.21 Å². The van der Waals surface area contributed by atoms with Gasteiger partial charge >= 0.3 is 0 Å². The molecule has 0 saturated carbocycles. The number of carbonyl (C=O) groups excluding carboxylic acids is 1. The molecule has 0 aliphatic carbocycles. The largest absolute Gasteiger partial charge is 0.507 e. The van der Waals surface area contributed by atoms with Crippen molar-refractivity contribution in [2.45, 2.75) is 6.92 Å². The van der Waals surface area contributed by atoms with Gasteiger partial charge in [-0.1, -0.05) is 33.6 Å². The van der Waals surface area contributed by atoms with Crippen molar-refractivity contribution in [1.29, 1.82) is 0 Å². The quantitative estimate of drug-likeness (QED) is 0.598. The van der Waals surface area contributed by atoms with Gasteiger partial charge in [-0.2, -0.15) is 5.10 Å². The highest BCUT2D eigenvalue weighted by Crippen LogP contribution is 2.25. The van der Waals surface area contributed by atoms with Crippen LogP contribution in [0.1, 0.15) is 11.1 Å². The van der Waals surface area contributed by atoms with Crippen LogP contribution in [0.4, 0.5) is 0 Å². The van der Waals surface area contributed by atoms with E-state index in [1.807, 2.05) is 0 Å². The molecule has 0 heterocycles. The van der Waals surface area contributed by atoms with Gasteiger partial charge in [-0.15, -0.1) is 0 Å². The smallest absolute Gasteiger partial charge is 0.277 e. The number of ether oxygens (including phenoxy) is 1. The van der Waals surface area contributed by atoms with Crippen LogP contribution in [-0.4, -0.2) is 23.8 Å². The summed E-state index contributed by atoms with van der Waals surface area (Å²) in [6, 6.07) is 10.2. The molecule has 2 rings (SSSR count). The average molecular weight is 398 g/mol. The Balaban J connectivity index is 1.89. The van der Waals surface area contributed by atoms with Crippen LogP contribution in [0.15, 0.2) is 46.0 Å². The minimum atomic E-state index is -0.424. The summed E-state index contributed by atoms with van der Waals surface area (Å²) >= 11 is 9.15. The van der Waals surface area contributed by atoms with E-state index < -0.39 is 5.91 Å². The van der Waals surface area contributed by atoms with E-state index in [-0.39, 0.29) is 12.4 Å². The summed E-state index contributed by atoms with van der Waals surface area (Å²) in [5.74, 6) is 0.186. The summed E-state index contributed by atoms with van der Waals surface area (Å²) in [7, 11) is 0. The van der Waals surface area contributed by atoms with Gasteiger partial charge in [-0.3, -0.25) is 4.79 Å². The van der Waals surface area contributed by atoms with Gasteiger partial charge < -0.3 is 9.84 Å². The Labute approximate surface area is 147 Å². The van der Waals surface area contributed by atoms with Crippen molar-refractivity contribution in [3.05, 3.63) is 57.0 Å². The molecule has 0 unspecified atom stereocenters. The van der Waals surface area contributed by atoms with Crippen LogP contribution in [0.25, 0.3) is 0 Å². The molecule has 0 aliphatic heterocycles. The van der Waals surface area contributed by atoms with Gasteiger partial charge in [0, 0.05) is 15.1 Å². The van der Waals surface area contributed by atoms with Crippen LogP contribution in [-0.2, 0) is 4.79 Å². The summed E-state index contributed by atoms with van der Waals surface area (Å²) in [6.45, 7) is 1.58. The third-order valence-electron chi connectivity index (χ3n) is 2.85. The number of hydrogen-bond acceptors (Lipinski definition) is 4. The fourth-order valence-electron chi connectivity index (χ4n) is 1.77. The first-order chi connectivity index (χ1) is 11.0. The van der Waals surface area contributed by atoms with Gasteiger partial charge in [0.05, 0.1) is 6.21 Å². The van der Waals surface area contributed by atoms with Crippen molar-refractivity contribution in [2.75, 3.05) is 6.61 Å². The molecule has 0 radical (unpaired) electrons. The average Bonchev–Trinajstić information content (AvgIpc) is 2.50. The zero-order valence-corrected chi connectivity index (χ0v) is 14.6. The molecule has 0 aliphatic rings. The fourth-order valence-corrected chi connectivity index (χ4v) is 2.54. The van der Waals surface area contributed by atoms with Crippen molar-refractivity contribution in [2.24, 2.45) is 5.10 Å².